The molecule has 0 N–H and O–H groups in total. The van der Waals surface area contributed by atoms with Crippen molar-refractivity contribution in [3.8, 4) is 5.82 Å². The normalized spacial score (nSPS) is 21.6. The molecule has 2 fully saturated rings. The van der Waals surface area contributed by atoms with Crippen molar-refractivity contribution >= 4 is 16.6 Å². The summed E-state index contributed by atoms with van der Waals surface area (Å²) in [6, 6.07) is 4.43. The smallest absolute Gasteiger partial charge is 0.279 e. The van der Waals surface area contributed by atoms with Crippen molar-refractivity contribution in [3.63, 3.8) is 0 Å². The van der Waals surface area contributed by atoms with Gasteiger partial charge in [0.15, 0.2) is 11.3 Å². The first-order valence-electron chi connectivity index (χ1n) is 10.5. The molecule has 4 aromatic rings. The summed E-state index contributed by atoms with van der Waals surface area (Å²) in [6.07, 6.45) is 6.88. The van der Waals surface area contributed by atoms with Crippen LogP contribution in [0.2, 0.25) is 0 Å². The molecule has 1 aromatic carbocycles. The number of hydrogen-bond donors (Lipinski definition) is 0. The van der Waals surface area contributed by atoms with Gasteiger partial charge in [-0.25, -0.2) is 9.37 Å². The second-order valence-corrected chi connectivity index (χ2v) is 8.06. The zero-order valence-electron chi connectivity index (χ0n) is 16.8. The van der Waals surface area contributed by atoms with Gasteiger partial charge in [0.25, 0.3) is 5.56 Å². The van der Waals surface area contributed by atoms with Crippen LogP contribution in [0.4, 0.5) is 4.39 Å². The van der Waals surface area contributed by atoms with E-state index in [0.717, 1.165) is 31.4 Å². The van der Waals surface area contributed by atoms with Crippen LogP contribution in [-0.2, 0) is 16.0 Å². The quantitative estimate of drug-likeness (QED) is 0.500. The standard InChI is InChI=1S/C21H21FN6O3/c22-13-5-6-16-17(9-13)26(10-14-3-1-7-30-14)21(29)19-20(23-12-27(16)19)28-11-15(24-25-28)18-4-2-8-31-18/h5-6,9,11-12,14,18H,1-4,7-8,10H2. The Morgan fingerprint density at radius 3 is 2.81 bits per heavy atom. The van der Waals surface area contributed by atoms with Gasteiger partial charge < -0.3 is 14.0 Å². The van der Waals surface area contributed by atoms with Crippen LogP contribution in [0, 0.1) is 5.82 Å². The van der Waals surface area contributed by atoms with Crippen LogP contribution in [0.15, 0.2) is 35.5 Å². The number of ether oxygens (including phenoxy) is 2. The molecule has 2 aliphatic rings. The number of benzene rings is 1. The lowest BCUT2D eigenvalue weighted by atomic mass is 10.2. The molecule has 5 heterocycles. The third-order valence-electron chi connectivity index (χ3n) is 6.08. The molecule has 9 nitrogen and oxygen atoms in total. The molecule has 0 spiro atoms. The summed E-state index contributed by atoms with van der Waals surface area (Å²) in [5.74, 6) is -0.0146. The van der Waals surface area contributed by atoms with Gasteiger partial charge in [-0.05, 0) is 43.9 Å². The van der Waals surface area contributed by atoms with Crippen molar-refractivity contribution in [2.24, 2.45) is 0 Å². The van der Waals surface area contributed by atoms with Crippen LogP contribution in [0.1, 0.15) is 37.5 Å². The van der Waals surface area contributed by atoms with Gasteiger partial charge in [0, 0.05) is 13.2 Å². The van der Waals surface area contributed by atoms with Gasteiger partial charge in [-0.15, -0.1) is 5.10 Å². The second kappa shape index (κ2) is 7.24. The van der Waals surface area contributed by atoms with Gasteiger partial charge in [-0.2, -0.15) is 4.68 Å². The van der Waals surface area contributed by atoms with E-state index in [0.29, 0.717) is 42.1 Å². The maximum Gasteiger partial charge on any atom is 0.279 e. The van der Waals surface area contributed by atoms with Gasteiger partial charge in [0.05, 0.1) is 29.9 Å². The Balaban J connectivity index is 1.54. The molecule has 2 aliphatic heterocycles. The summed E-state index contributed by atoms with van der Waals surface area (Å²) in [4.78, 5) is 18.1. The number of rotatable bonds is 4. The minimum Gasteiger partial charge on any atom is -0.376 e. The Hall–Kier alpha value is -3.11. The van der Waals surface area contributed by atoms with Gasteiger partial charge in [0.2, 0.25) is 0 Å². The number of aromatic nitrogens is 6. The van der Waals surface area contributed by atoms with E-state index in [1.54, 1.807) is 27.6 Å². The molecule has 2 atom stereocenters. The van der Waals surface area contributed by atoms with Crippen molar-refractivity contribution in [1.29, 1.82) is 0 Å². The summed E-state index contributed by atoms with van der Waals surface area (Å²) >= 11 is 0. The summed E-state index contributed by atoms with van der Waals surface area (Å²) in [6.45, 7) is 1.75. The molecule has 2 saturated heterocycles. The molecule has 31 heavy (non-hydrogen) atoms. The number of fused-ring (bicyclic) bond motifs is 3. The molecule has 10 heteroatoms. The van der Waals surface area contributed by atoms with Gasteiger partial charge >= 0.3 is 0 Å². The van der Waals surface area contributed by atoms with E-state index in [1.165, 1.54) is 16.8 Å². The average Bonchev–Trinajstić information content (AvgIpc) is 3.56. The first-order chi connectivity index (χ1) is 15.2. The zero-order chi connectivity index (χ0) is 20.9. The highest BCUT2D eigenvalue weighted by atomic mass is 19.1. The van der Waals surface area contributed by atoms with Gasteiger partial charge in [0.1, 0.15) is 23.9 Å². The van der Waals surface area contributed by atoms with Crippen LogP contribution in [0.25, 0.3) is 22.4 Å². The maximum absolute atomic E-state index is 14.1. The third kappa shape index (κ3) is 3.05. The average molecular weight is 424 g/mol. The first-order valence-corrected chi connectivity index (χ1v) is 10.5. The summed E-state index contributed by atoms with van der Waals surface area (Å²) in [5.41, 5.74) is 2.01. The SMILES string of the molecule is O=c1c2c(-n3cc(C4CCCO4)nn3)ncn2c2ccc(F)cc2n1CC1CCCO1. The van der Waals surface area contributed by atoms with Crippen molar-refractivity contribution in [2.75, 3.05) is 13.2 Å². The Morgan fingerprint density at radius 2 is 2.00 bits per heavy atom. The van der Waals surface area contributed by atoms with Crippen molar-refractivity contribution in [3.05, 3.63) is 52.6 Å². The number of hydrogen-bond acceptors (Lipinski definition) is 6. The van der Waals surface area contributed by atoms with E-state index in [2.05, 4.69) is 15.3 Å². The van der Waals surface area contributed by atoms with Crippen LogP contribution in [-0.4, -0.2) is 48.3 Å². The van der Waals surface area contributed by atoms with E-state index in [-0.39, 0.29) is 17.8 Å². The summed E-state index contributed by atoms with van der Waals surface area (Å²) in [7, 11) is 0. The van der Waals surface area contributed by atoms with Crippen LogP contribution in [0.3, 0.4) is 0 Å². The van der Waals surface area contributed by atoms with Crippen LogP contribution >= 0.6 is 0 Å². The molecule has 0 bridgehead atoms. The molecule has 0 saturated carbocycles. The molecular formula is C21H21FN6O3. The molecular weight excluding hydrogens is 403 g/mol. The third-order valence-corrected chi connectivity index (χ3v) is 6.08. The fourth-order valence-electron chi connectivity index (χ4n) is 4.55. The van der Waals surface area contributed by atoms with E-state index >= 15 is 0 Å². The maximum atomic E-state index is 14.1. The van der Waals surface area contributed by atoms with E-state index in [4.69, 9.17) is 9.47 Å². The molecule has 0 amide bonds. The predicted molar refractivity (Wildman–Crippen MR) is 109 cm³/mol. The molecule has 0 radical (unpaired) electrons. The summed E-state index contributed by atoms with van der Waals surface area (Å²) < 4.78 is 30.3. The Bertz CT molecular complexity index is 1330. The largest absolute Gasteiger partial charge is 0.376 e. The fraction of sp³-hybridized carbons (Fsp3) is 0.429. The highest BCUT2D eigenvalue weighted by Crippen LogP contribution is 2.27. The lowest BCUT2D eigenvalue weighted by molar-refractivity contribution is 0.0973. The second-order valence-electron chi connectivity index (χ2n) is 8.06. The number of imidazole rings is 1. The zero-order valence-corrected chi connectivity index (χ0v) is 16.8. The molecule has 6 rings (SSSR count). The minimum absolute atomic E-state index is 0.0736. The van der Waals surface area contributed by atoms with E-state index < -0.39 is 5.82 Å². The van der Waals surface area contributed by atoms with Crippen molar-refractivity contribution in [2.45, 2.75) is 44.4 Å². The Labute approximate surface area is 176 Å². The molecule has 2 unspecified atom stereocenters. The van der Waals surface area contributed by atoms with Gasteiger partial charge in [-0.3, -0.25) is 9.20 Å². The first kappa shape index (κ1) is 18.6. The van der Waals surface area contributed by atoms with E-state index in [9.17, 15) is 9.18 Å². The topological polar surface area (TPSA) is 88.5 Å². The molecule has 0 aliphatic carbocycles. The lowest BCUT2D eigenvalue weighted by Crippen LogP contribution is -2.28. The van der Waals surface area contributed by atoms with Crippen molar-refractivity contribution in [1.82, 2.24) is 28.9 Å². The van der Waals surface area contributed by atoms with Crippen LogP contribution in [0.5, 0.6) is 0 Å². The fourth-order valence-corrected chi connectivity index (χ4v) is 4.55. The Kier molecular flexibility index (Phi) is 4.35. The van der Waals surface area contributed by atoms with Crippen molar-refractivity contribution < 1.29 is 13.9 Å². The Morgan fingerprint density at radius 1 is 1.13 bits per heavy atom. The lowest BCUT2D eigenvalue weighted by Gasteiger charge is -2.16. The monoisotopic (exact) mass is 424 g/mol. The highest BCUT2D eigenvalue weighted by Gasteiger charge is 2.24. The van der Waals surface area contributed by atoms with E-state index in [1.807, 2.05) is 0 Å². The van der Waals surface area contributed by atoms with Gasteiger partial charge in [-0.1, -0.05) is 5.21 Å². The molecule has 160 valence electrons. The minimum atomic E-state index is -0.398. The predicted octanol–water partition coefficient (Wildman–Crippen LogP) is 2.40. The highest BCUT2D eigenvalue weighted by molar-refractivity contribution is 5.81. The van der Waals surface area contributed by atoms with Crippen LogP contribution < -0.4 is 5.56 Å². The summed E-state index contributed by atoms with van der Waals surface area (Å²) in [5, 5.41) is 8.43. The molecule has 3 aromatic heterocycles. The number of halogens is 1. The number of nitrogens with zero attached hydrogens (tertiary/aromatic N) is 6.